The Labute approximate surface area is 151 Å². The maximum atomic E-state index is 12.3. The molecule has 0 aliphatic carbocycles. The van der Waals surface area contributed by atoms with Crippen molar-refractivity contribution in [1.82, 2.24) is 5.32 Å². The number of hydrogen-bond acceptors (Lipinski definition) is 2. The Morgan fingerprint density at radius 3 is 2.32 bits per heavy atom. The van der Waals surface area contributed by atoms with Gasteiger partial charge in [-0.2, -0.15) is 0 Å². The highest BCUT2D eigenvalue weighted by atomic mass is 16.5. The monoisotopic (exact) mass is 339 g/mol. The standard InChI is InChI=1S/C22H29NO2/c1-16(19-8-6-7-9-20(19)25-5)23-21(24)15-12-17-10-13-18(14-11-17)22(2,3)4/h6-11,13-14,16H,12,15H2,1-5H3,(H,23,24)/t16-/m0/s1. The van der Waals surface area contributed by atoms with Crippen LogP contribution in [0.1, 0.15) is 56.8 Å². The number of amides is 1. The van der Waals surface area contributed by atoms with E-state index in [4.69, 9.17) is 4.74 Å². The lowest BCUT2D eigenvalue weighted by atomic mass is 9.86. The fraction of sp³-hybridized carbons (Fsp3) is 0.409. The summed E-state index contributed by atoms with van der Waals surface area (Å²) in [5.41, 5.74) is 3.64. The number of nitrogens with one attached hydrogen (secondary N) is 1. The predicted octanol–water partition coefficient (Wildman–Crippen LogP) is 4.80. The molecule has 3 heteroatoms. The van der Waals surface area contributed by atoms with Gasteiger partial charge in [0.05, 0.1) is 13.2 Å². The van der Waals surface area contributed by atoms with Crippen molar-refractivity contribution in [3.63, 3.8) is 0 Å². The first-order valence-corrected chi connectivity index (χ1v) is 8.83. The number of ether oxygens (including phenoxy) is 1. The Balaban J connectivity index is 1.90. The van der Waals surface area contributed by atoms with Crippen molar-refractivity contribution in [2.75, 3.05) is 7.11 Å². The second kappa shape index (κ2) is 8.19. The van der Waals surface area contributed by atoms with E-state index in [9.17, 15) is 4.79 Å². The van der Waals surface area contributed by atoms with Crippen LogP contribution < -0.4 is 10.1 Å². The molecule has 0 saturated heterocycles. The fourth-order valence-corrected chi connectivity index (χ4v) is 2.84. The molecular formula is C22H29NO2. The van der Waals surface area contributed by atoms with Gasteiger partial charge in [0.25, 0.3) is 0 Å². The summed E-state index contributed by atoms with van der Waals surface area (Å²) in [4.78, 5) is 12.3. The molecule has 0 aromatic heterocycles. The molecule has 1 N–H and O–H groups in total. The largest absolute Gasteiger partial charge is 0.496 e. The summed E-state index contributed by atoms with van der Waals surface area (Å²) in [6.45, 7) is 8.59. The lowest BCUT2D eigenvalue weighted by Gasteiger charge is -2.19. The molecule has 2 aromatic rings. The molecule has 0 bridgehead atoms. The van der Waals surface area contributed by atoms with Crippen LogP contribution in [0, 0.1) is 0 Å². The molecular weight excluding hydrogens is 310 g/mol. The molecule has 0 aliphatic heterocycles. The van der Waals surface area contributed by atoms with E-state index < -0.39 is 0 Å². The average molecular weight is 339 g/mol. The number of carbonyl (C=O) groups is 1. The topological polar surface area (TPSA) is 38.3 Å². The Bertz CT molecular complexity index is 699. The van der Waals surface area contributed by atoms with Gasteiger partial charge in [-0.1, -0.05) is 63.2 Å². The third-order valence-electron chi connectivity index (χ3n) is 4.44. The zero-order valence-corrected chi connectivity index (χ0v) is 15.9. The molecule has 0 spiro atoms. The third-order valence-corrected chi connectivity index (χ3v) is 4.44. The van der Waals surface area contributed by atoms with E-state index in [1.807, 2.05) is 31.2 Å². The highest BCUT2D eigenvalue weighted by Gasteiger charge is 2.15. The van der Waals surface area contributed by atoms with Crippen LogP contribution in [0.2, 0.25) is 0 Å². The molecule has 0 fully saturated rings. The first-order valence-electron chi connectivity index (χ1n) is 8.83. The van der Waals surface area contributed by atoms with Crippen molar-refractivity contribution in [1.29, 1.82) is 0 Å². The van der Waals surface area contributed by atoms with Crippen molar-refractivity contribution >= 4 is 5.91 Å². The summed E-state index contributed by atoms with van der Waals surface area (Å²) >= 11 is 0. The molecule has 0 saturated carbocycles. The molecule has 2 aromatic carbocycles. The fourth-order valence-electron chi connectivity index (χ4n) is 2.84. The minimum atomic E-state index is -0.0769. The Morgan fingerprint density at radius 2 is 1.72 bits per heavy atom. The van der Waals surface area contributed by atoms with E-state index in [2.05, 4.69) is 50.4 Å². The van der Waals surface area contributed by atoms with Gasteiger partial charge in [0.2, 0.25) is 5.91 Å². The maximum Gasteiger partial charge on any atom is 0.220 e. The quantitative estimate of drug-likeness (QED) is 0.821. The van der Waals surface area contributed by atoms with Gasteiger partial charge in [-0.05, 0) is 36.0 Å². The number of carbonyl (C=O) groups excluding carboxylic acids is 1. The van der Waals surface area contributed by atoms with Crippen molar-refractivity contribution in [2.45, 2.75) is 52.0 Å². The van der Waals surface area contributed by atoms with Crippen molar-refractivity contribution in [3.8, 4) is 5.75 Å². The molecule has 0 radical (unpaired) electrons. The zero-order chi connectivity index (χ0) is 18.4. The lowest BCUT2D eigenvalue weighted by Crippen LogP contribution is -2.27. The third kappa shape index (κ3) is 5.35. The Kier molecular flexibility index (Phi) is 6.24. The van der Waals surface area contributed by atoms with Crippen LogP contribution in [-0.4, -0.2) is 13.0 Å². The summed E-state index contributed by atoms with van der Waals surface area (Å²) < 4.78 is 5.36. The first-order chi connectivity index (χ1) is 11.8. The number of hydrogen-bond donors (Lipinski definition) is 1. The number of benzene rings is 2. The highest BCUT2D eigenvalue weighted by Crippen LogP contribution is 2.25. The highest BCUT2D eigenvalue weighted by molar-refractivity contribution is 5.76. The van der Waals surface area contributed by atoms with Crippen LogP contribution in [0.25, 0.3) is 0 Å². The van der Waals surface area contributed by atoms with Crippen LogP contribution in [0.15, 0.2) is 48.5 Å². The molecule has 0 aliphatic rings. The van der Waals surface area contributed by atoms with Gasteiger partial charge in [-0.25, -0.2) is 0 Å². The second-order valence-electron chi connectivity index (χ2n) is 7.48. The second-order valence-corrected chi connectivity index (χ2v) is 7.48. The van der Waals surface area contributed by atoms with Crippen molar-refractivity contribution < 1.29 is 9.53 Å². The summed E-state index contributed by atoms with van der Waals surface area (Å²) in [6, 6.07) is 16.3. The van der Waals surface area contributed by atoms with Gasteiger partial charge < -0.3 is 10.1 Å². The number of para-hydroxylation sites is 1. The van der Waals surface area contributed by atoms with E-state index in [0.29, 0.717) is 6.42 Å². The number of rotatable bonds is 6. The molecule has 25 heavy (non-hydrogen) atoms. The van der Waals surface area contributed by atoms with Crippen LogP contribution in [0.3, 0.4) is 0 Å². The van der Waals surface area contributed by atoms with Crippen molar-refractivity contribution in [3.05, 3.63) is 65.2 Å². The molecule has 0 unspecified atom stereocenters. The van der Waals surface area contributed by atoms with Crippen LogP contribution >= 0.6 is 0 Å². The SMILES string of the molecule is COc1ccccc1[C@H](C)NC(=O)CCc1ccc(C(C)(C)C)cc1. The van der Waals surface area contributed by atoms with E-state index in [-0.39, 0.29) is 17.4 Å². The van der Waals surface area contributed by atoms with Gasteiger partial charge in [0, 0.05) is 12.0 Å². The molecule has 1 amide bonds. The predicted molar refractivity (Wildman–Crippen MR) is 103 cm³/mol. The summed E-state index contributed by atoms with van der Waals surface area (Å²) in [5.74, 6) is 0.853. The number of methoxy groups -OCH3 is 1. The van der Waals surface area contributed by atoms with E-state index in [1.165, 1.54) is 11.1 Å². The van der Waals surface area contributed by atoms with Crippen LogP contribution in [0.5, 0.6) is 5.75 Å². The lowest BCUT2D eigenvalue weighted by molar-refractivity contribution is -0.121. The summed E-state index contributed by atoms with van der Waals surface area (Å²) in [7, 11) is 1.65. The van der Waals surface area contributed by atoms with E-state index >= 15 is 0 Å². The van der Waals surface area contributed by atoms with Gasteiger partial charge >= 0.3 is 0 Å². The Hall–Kier alpha value is -2.29. The van der Waals surface area contributed by atoms with Crippen LogP contribution in [0.4, 0.5) is 0 Å². The van der Waals surface area contributed by atoms with Gasteiger partial charge in [-0.3, -0.25) is 4.79 Å². The van der Waals surface area contributed by atoms with Crippen molar-refractivity contribution in [2.24, 2.45) is 0 Å². The smallest absolute Gasteiger partial charge is 0.220 e. The number of aryl methyl sites for hydroxylation is 1. The molecule has 134 valence electrons. The molecule has 1 atom stereocenters. The Morgan fingerprint density at radius 1 is 1.08 bits per heavy atom. The zero-order valence-electron chi connectivity index (χ0n) is 15.9. The minimum absolute atomic E-state index is 0.0540. The van der Waals surface area contributed by atoms with Crippen LogP contribution in [-0.2, 0) is 16.6 Å². The van der Waals surface area contributed by atoms with E-state index in [0.717, 1.165) is 17.7 Å². The summed E-state index contributed by atoms with van der Waals surface area (Å²) in [6.07, 6.45) is 1.23. The summed E-state index contributed by atoms with van der Waals surface area (Å²) in [5, 5.41) is 3.06. The first kappa shape index (κ1) is 19.0. The average Bonchev–Trinajstić information content (AvgIpc) is 2.59. The maximum absolute atomic E-state index is 12.3. The van der Waals surface area contributed by atoms with E-state index in [1.54, 1.807) is 7.11 Å². The minimum Gasteiger partial charge on any atom is -0.496 e. The normalized spacial score (nSPS) is 12.5. The molecule has 3 nitrogen and oxygen atoms in total. The van der Waals surface area contributed by atoms with Gasteiger partial charge in [0.15, 0.2) is 0 Å². The van der Waals surface area contributed by atoms with Gasteiger partial charge in [-0.15, -0.1) is 0 Å². The molecule has 0 heterocycles. The van der Waals surface area contributed by atoms with Gasteiger partial charge in [0.1, 0.15) is 5.75 Å². The molecule has 2 rings (SSSR count).